The molecule has 0 radical (unpaired) electrons. The highest BCUT2D eigenvalue weighted by Gasteiger charge is 2.08. The van der Waals surface area contributed by atoms with Gasteiger partial charge in [-0.1, -0.05) is 12.1 Å². The van der Waals surface area contributed by atoms with E-state index in [1.807, 2.05) is 25.1 Å². The Bertz CT molecular complexity index is 949. The fourth-order valence-corrected chi connectivity index (χ4v) is 2.73. The van der Waals surface area contributed by atoms with E-state index in [9.17, 15) is 8.42 Å². The van der Waals surface area contributed by atoms with Crippen molar-refractivity contribution in [2.45, 2.75) is 13.8 Å². The number of benzene rings is 1. The first-order chi connectivity index (χ1) is 11.9. The average Bonchev–Trinajstić information content (AvgIpc) is 3.06. The van der Waals surface area contributed by atoms with Crippen LogP contribution in [0, 0.1) is 6.92 Å². The van der Waals surface area contributed by atoms with Crippen molar-refractivity contribution in [3.63, 3.8) is 0 Å². The Morgan fingerprint density at radius 1 is 1.08 bits per heavy atom. The van der Waals surface area contributed by atoms with Crippen LogP contribution < -0.4 is 10.0 Å². The molecule has 2 aromatic heterocycles. The van der Waals surface area contributed by atoms with Gasteiger partial charge in [0.25, 0.3) is 0 Å². The fraction of sp³-hybridized carbons (Fsp3) is 0.188. The highest BCUT2D eigenvalue weighted by Crippen LogP contribution is 2.23. The van der Waals surface area contributed by atoms with Crippen molar-refractivity contribution in [2.75, 3.05) is 15.8 Å². The summed E-state index contributed by atoms with van der Waals surface area (Å²) in [6.45, 7) is 3.46. The van der Waals surface area contributed by atoms with Crippen molar-refractivity contribution in [3.8, 4) is 11.3 Å². The molecule has 3 rings (SSSR count). The van der Waals surface area contributed by atoms with E-state index in [1.54, 1.807) is 31.5 Å². The minimum absolute atomic E-state index is 0.0340. The van der Waals surface area contributed by atoms with Gasteiger partial charge in [0.05, 0.1) is 29.5 Å². The second kappa shape index (κ2) is 6.89. The second-order valence-corrected chi connectivity index (χ2v) is 7.43. The molecule has 0 atom stereocenters. The molecule has 0 amide bonds. The lowest BCUT2D eigenvalue weighted by atomic mass is 10.1. The summed E-state index contributed by atoms with van der Waals surface area (Å²) >= 11 is 0. The lowest BCUT2D eigenvalue weighted by molar-refractivity contribution is 0.602. The number of aryl methyl sites for hydroxylation is 1. The van der Waals surface area contributed by atoms with Gasteiger partial charge in [0, 0.05) is 11.8 Å². The van der Waals surface area contributed by atoms with Gasteiger partial charge in [-0.25, -0.2) is 13.4 Å². The number of hydrogen-bond donors (Lipinski definition) is 3. The first-order valence-electron chi connectivity index (χ1n) is 7.67. The van der Waals surface area contributed by atoms with Gasteiger partial charge in [-0.15, -0.1) is 0 Å². The van der Waals surface area contributed by atoms with Crippen LogP contribution in [0.1, 0.15) is 12.6 Å². The fourth-order valence-electron chi connectivity index (χ4n) is 2.09. The van der Waals surface area contributed by atoms with E-state index >= 15 is 0 Å². The van der Waals surface area contributed by atoms with Crippen LogP contribution in [0.5, 0.6) is 0 Å². The molecule has 3 N–H and O–H groups in total. The summed E-state index contributed by atoms with van der Waals surface area (Å²) in [6.07, 6.45) is 3.31. The zero-order valence-electron chi connectivity index (χ0n) is 13.8. The number of hydrogen-bond acceptors (Lipinski definition) is 6. The van der Waals surface area contributed by atoms with Gasteiger partial charge in [-0.3, -0.25) is 14.8 Å². The maximum atomic E-state index is 11.6. The molecule has 8 nitrogen and oxygen atoms in total. The van der Waals surface area contributed by atoms with Crippen LogP contribution in [-0.2, 0) is 10.0 Å². The Labute approximate surface area is 145 Å². The van der Waals surface area contributed by atoms with Crippen molar-refractivity contribution in [3.05, 3.63) is 48.4 Å². The topological polar surface area (TPSA) is 113 Å². The zero-order valence-corrected chi connectivity index (χ0v) is 14.6. The van der Waals surface area contributed by atoms with E-state index < -0.39 is 10.0 Å². The van der Waals surface area contributed by atoms with Crippen LogP contribution in [0.15, 0.2) is 42.7 Å². The van der Waals surface area contributed by atoms with Crippen molar-refractivity contribution in [1.82, 2.24) is 20.2 Å². The van der Waals surface area contributed by atoms with Crippen LogP contribution in [0.2, 0.25) is 0 Å². The van der Waals surface area contributed by atoms with E-state index in [0.717, 1.165) is 17.0 Å². The SMILES string of the molecule is CCS(=O)(=O)Nc1ccc(-c2cc(Nc3cnc(C)cn3)n[nH]2)cc1. The highest BCUT2D eigenvalue weighted by molar-refractivity contribution is 7.92. The molecular weight excluding hydrogens is 340 g/mol. The van der Waals surface area contributed by atoms with E-state index in [-0.39, 0.29) is 5.75 Å². The number of aromatic amines is 1. The number of sulfonamides is 1. The smallest absolute Gasteiger partial charge is 0.232 e. The number of aromatic nitrogens is 4. The molecule has 0 aliphatic carbocycles. The monoisotopic (exact) mass is 358 g/mol. The van der Waals surface area contributed by atoms with E-state index in [2.05, 4.69) is 30.2 Å². The standard InChI is InChI=1S/C16H18N6O2S/c1-3-25(23,24)22-13-6-4-12(5-7-13)14-8-15(21-20-14)19-16-10-17-11(2)9-18-16/h4-10,22H,3H2,1-2H3,(H2,18,19,20,21). The van der Waals surface area contributed by atoms with Crippen LogP contribution >= 0.6 is 0 Å². The first kappa shape index (κ1) is 16.9. The first-order valence-corrected chi connectivity index (χ1v) is 9.32. The summed E-state index contributed by atoms with van der Waals surface area (Å²) in [7, 11) is -3.28. The van der Waals surface area contributed by atoms with Crippen LogP contribution in [0.4, 0.5) is 17.3 Å². The maximum absolute atomic E-state index is 11.6. The minimum Gasteiger partial charge on any atom is -0.322 e. The van der Waals surface area contributed by atoms with E-state index in [0.29, 0.717) is 17.3 Å². The molecule has 1 aromatic carbocycles. The molecule has 0 spiro atoms. The number of anilines is 3. The third-order valence-corrected chi connectivity index (χ3v) is 4.77. The van der Waals surface area contributed by atoms with Gasteiger partial charge in [0.1, 0.15) is 5.82 Å². The molecule has 130 valence electrons. The third kappa shape index (κ3) is 4.32. The van der Waals surface area contributed by atoms with Crippen molar-refractivity contribution in [1.29, 1.82) is 0 Å². The molecule has 0 aliphatic rings. The van der Waals surface area contributed by atoms with Crippen LogP contribution in [0.25, 0.3) is 11.3 Å². The molecule has 25 heavy (non-hydrogen) atoms. The summed E-state index contributed by atoms with van der Waals surface area (Å²) in [6, 6.07) is 8.89. The van der Waals surface area contributed by atoms with Crippen molar-refractivity contribution < 1.29 is 8.42 Å². The molecular formula is C16H18N6O2S. The lowest BCUT2D eigenvalue weighted by Crippen LogP contribution is -2.14. The second-order valence-electron chi connectivity index (χ2n) is 5.42. The molecule has 2 heterocycles. The number of H-pyrrole nitrogens is 1. The molecule has 0 saturated carbocycles. The molecule has 0 fully saturated rings. The van der Waals surface area contributed by atoms with E-state index in [4.69, 9.17) is 0 Å². The van der Waals surface area contributed by atoms with Gasteiger partial charge in [-0.05, 0) is 31.5 Å². The highest BCUT2D eigenvalue weighted by atomic mass is 32.2. The Morgan fingerprint density at radius 3 is 2.48 bits per heavy atom. The lowest BCUT2D eigenvalue weighted by Gasteiger charge is -2.06. The van der Waals surface area contributed by atoms with Gasteiger partial charge < -0.3 is 5.32 Å². The largest absolute Gasteiger partial charge is 0.322 e. The van der Waals surface area contributed by atoms with Crippen molar-refractivity contribution in [2.24, 2.45) is 0 Å². The van der Waals surface area contributed by atoms with Gasteiger partial charge >= 0.3 is 0 Å². The predicted octanol–water partition coefficient (Wildman–Crippen LogP) is 2.68. The minimum atomic E-state index is -3.28. The Hall–Kier alpha value is -2.94. The Morgan fingerprint density at radius 2 is 1.84 bits per heavy atom. The van der Waals surface area contributed by atoms with Crippen molar-refractivity contribution >= 4 is 27.3 Å². The third-order valence-electron chi connectivity index (χ3n) is 3.46. The predicted molar refractivity (Wildman–Crippen MR) is 97.2 cm³/mol. The molecule has 0 bridgehead atoms. The van der Waals surface area contributed by atoms with E-state index in [1.165, 1.54) is 0 Å². The van der Waals surface area contributed by atoms with Gasteiger partial charge in [0.15, 0.2) is 5.82 Å². The zero-order chi connectivity index (χ0) is 17.9. The summed E-state index contributed by atoms with van der Waals surface area (Å²) in [4.78, 5) is 8.38. The average molecular weight is 358 g/mol. The normalized spacial score (nSPS) is 11.3. The van der Waals surface area contributed by atoms with Gasteiger partial charge in [0.2, 0.25) is 10.0 Å². The quantitative estimate of drug-likeness (QED) is 0.624. The molecule has 9 heteroatoms. The number of nitrogens with one attached hydrogen (secondary N) is 3. The molecule has 0 saturated heterocycles. The summed E-state index contributed by atoms with van der Waals surface area (Å²) in [5.74, 6) is 1.25. The molecule has 0 aliphatic heterocycles. The summed E-state index contributed by atoms with van der Waals surface area (Å²) in [5.41, 5.74) is 3.05. The van der Waals surface area contributed by atoms with Gasteiger partial charge in [-0.2, -0.15) is 5.10 Å². The Balaban J connectivity index is 1.72. The molecule has 3 aromatic rings. The van der Waals surface area contributed by atoms with Crippen LogP contribution in [0.3, 0.4) is 0 Å². The molecule has 0 unspecified atom stereocenters. The van der Waals surface area contributed by atoms with Crippen LogP contribution in [-0.4, -0.2) is 34.3 Å². The maximum Gasteiger partial charge on any atom is 0.232 e. The summed E-state index contributed by atoms with van der Waals surface area (Å²) < 4.78 is 25.7. The summed E-state index contributed by atoms with van der Waals surface area (Å²) in [5, 5.41) is 10.2. The number of rotatable bonds is 6. The number of nitrogens with zero attached hydrogens (tertiary/aromatic N) is 3. The Kier molecular flexibility index (Phi) is 4.66.